The number of cyclic esters (lactones) is 1. The lowest BCUT2D eigenvalue weighted by Crippen LogP contribution is -2.55. The third-order valence-electron chi connectivity index (χ3n) is 3.68. The van der Waals surface area contributed by atoms with E-state index in [1.54, 1.807) is 13.8 Å². The summed E-state index contributed by atoms with van der Waals surface area (Å²) in [4.78, 5) is 13.1. The molecule has 2 atom stereocenters. The Labute approximate surface area is 114 Å². The average Bonchev–Trinajstić information content (AvgIpc) is 2.43. The van der Waals surface area contributed by atoms with Crippen molar-refractivity contribution in [2.24, 2.45) is 0 Å². The van der Waals surface area contributed by atoms with Crippen molar-refractivity contribution in [3.05, 3.63) is 11.6 Å². The van der Waals surface area contributed by atoms with Gasteiger partial charge in [-0.1, -0.05) is 11.6 Å². The van der Waals surface area contributed by atoms with Gasteiger partial charge in [0.2, 0.25) is 0 Å². The molecule has 1 saturated heterocycles. The zero-order valence-corrected chi connectivity index (χ0v) is 12.1. The number of allylic oxidation sites excluding steroid dienone is 2. The maximum absolute atomic E-state index is 11.8. The molecule has 5 heteroatoms. The van der Waals surface area contributed by atoms with Gasteiger partial charge in [0, 0.05) is 6.54 Å². The zero-order valence-electron chi connectivity index (χ0n) is 12.1. The Morgan fingerprint density at radius 2 is 2.16 bits per heavy atom. The molecule has 1 aliphatic rings. The third-order valence-corrected chi connectivity index (χ3v) is 3.68. The van der Waals surface area contributed by atoms with E-state index in [0.29, 0.717) is 6.42 Å². The molecule has 0 bridgehead atoms. The molecule has 1 amide bonds. The summed E-state index contributed by atoms with van der Waals surface area (Å²) in [7, 11) is 0. The van der Waals surface area contributed by atoms with Crippen LogP contribution in [0.25, 0.3) is 0 Å². The van der Waals surface area contributed by atoms with Gasteiger partial charge >= 0.3 is 6.09 Å². The van der Waals surface area contributed by atoms with E-state index < -0.39 is 17.4 Å². The number of amides is 1. The molecular formula is C14H22N2O3. The summed E-state index contributed by atoms with van der Waals surface area (Å²) < 4.78 is 5.35. The molecule has 1 N–H and O–H groups in total. The van der Waals surface area contributed by atoms with Crippen molar-refractivity contribution in [3.8, 4) is 6.07 Å². The van der Waals surface area contributed by atoms with E-state index in [1.165, 1.54) is 10.5 Å². The third kappa shape index (κ3) is 3.07. The van der Waals surface area contributed by atoms with Crippen molar-refractivity contribution in [1.82, 2.24) is 4.90 Å². The van der Waals surface area contributed by atoms with Crippen LogP contribution in [0, 0.1) is 11.3 Å². The molecule has 0 aromatic carbocycles. The van der Waals surface area contributed by atoms with Crippen LogP contribution in [-0.2, 0) is 4.74 Å². The number of hydrogen-bond donors (Lipinski definition) is 1. The Bertz CT molecular complexity index is 419. The predicted octanol–water partition coefficient (Wildman–Crippen LogP) is 2.57. The van der Waals surface area contributed by atoms with Crippen LogP contribution < -0.4 is 0 Å². The van der Waals surface area contributed by atoms with Crippen LogP contribution in [0.1, 0.15) is 47.0 Å². The molecule has 106 valence electrons. The fourth-order valence-corrected chi connectivity index (χ4v) is 2.20. The molecule has 0 unspecified atom stereocenters. The van der Waals surface area contributed by atoms with Crippen molar-refractivity contribution < 1.29 is 14.6 Å². The summed E-state index contributed by atoms with van der Waals surface area (Å²) in [6, 6.07) is 1.97. The van der Waals surface area contributed by atoms with Crippen molar-refractivity contribution >= 4 is 6.09 Å². The number of carbonyl (C=O) groups excluding carboxylic acids is 1. The van der Waals surface area contributed by atoms with Gasteiger partial charge in [-0.25, -0.2) is 4.79 Å². The van der Waals surface area contributed by atoms with Crippen molar-refractivity contribution in [3.63, 3.8) is 0 Å². The lowest BCUT2D eigenvalue weighted by molar-refractivity contribution is -0.138. The molecule has 19 heavy (non-hydrogen) atoms. The van der Waals surface area contributed by atoms with Gasteiger partial charge in [-0.2, -0.15) is 5.26 Å². The maximum atomic E-state index is 11.8. The number of carbonyl (C=O) groups is 1. The minimum absolute atomic E-state index is 0.176. The number of nitriles is 1. The minimum Gasteiger partial charge on any atom is -0.438 e. The first kappa shape index (κ1) is 15.5. The molecule has 0 radical (unpaired) electrons. The summed E-state index contributed by atoms with van der Waals surface area (Å²) >= 11 is 0. The highest BCUT2D eigenvalue weighted by Gasteiger charge is 2.58. The molecular weight excluding hydrogens is 244 g/mol. The Morgan fingerprint density at radius 3 is 2.68 bits per heavy atom. The lowest BCUT2D eigenvalue weighted by atomic mass is 9.88. The Balaban J connectivity index is 2.83. The van der Waals surface area contributed by atoms with Crippen LogP contribution in [0.4, 0.5) is 4.79 Å². The van der Waals surface area contributed by atoms with Gasteiger partial charge in [0.05, 0.1) is 12.5 Å². The fourth-order valence-electron chi connectivity index (χ4n) is 2.20. The SMILES string of the molecule is CC(C)=CCC[C@]1(C)OC(=O)N(CCC#N)[C@@]1(C)O. The van der Waals surface area contributed by atoms with Crippen LogP contribution in [0.15, 0.2) is 11.6 Å². The largest absolute Gasteiger partial charge is 0.438 e. The Kier molecular flexibility index (Phi) is 4.59. The first-order valence-electron chi connectivity index (χ1n) is 6.48. The van der Waals surface area contributed by atoms with E-state index in [-0.39, 0.29) is 13.0 Å². The Morgan fingerprint density at radius 1 is 1.53 bits per heavy atom. The minimum atomic E-state index is -1.39. The summed E-state index contributed by atoms with van der Waals surface area (Å²) in [6.45, 7) is 7.48. The van der Waals surface area contributed by atoms with Gasteiger partial charge < -0.3 is 9.84 Å². The molecule has 1 rings (SSSR count). The quantitative estimate of drug-likeness (QED) is 0.776. The van der Waals surface area contributed by atoms with Crippen LogP contribution in [0.5, 0.6) is 0 Å². The first-order valence-corrected chi connectivity index (χ1v) is 6.48. The normalized spacial score (nSPS) is 29.9. The average molecular weight is 266 g/mol. The smallest absolute Gasteiger partial charge is 0.412 e. The molecule has 0 spiro atoms. The second kappa shape index (κ2) is 5.62. The molecule has 5 nitrogen and oxygen atoms in total. The standard InChI is InChI=1S/C14H22N2O3/c1-11(2)7-5-8-13(3)14(4,18)16(10-6-9-15)12(17)19-13/h7,18H,5-6,8,10H2,1-4H3/t13-,14-/m0/s1. The second-order valence-electron chi connectivity index (χ2n) is 5.50. The number of nitrogens with zero attached hydrogens (tertiary/aromatic N) is 2. The molecule has 1 heterocycles. The molecule has 1 aliphatic heterocycles. The van der Waals surface area contributed by atoms with E-state index >= 15 is 0 Å². The van der Waals surface area contributed by atoms with Gasteiger partial charge in [-0.15, -0.1) is 0 Å². The molecule has 0 aromatic rings. The van der Waals surface area contributed by atoms with E-state index in [4.69, 9.17) is 10.00 Å². The second-order valence-corrected chi connectivity index (χ2v) is 5.50. The van der Waals surface area contributed by atoms with Crippen LogP contribution in [-0.4, -0.2) is 34.0 Å². The topological polar surface area (TPSA) is 73.6 Å². The van der Waals surface area contributed by atoms with Gasteiger partial charge in [-0.05, 0) is 40.5 Å². The van der Waals surface area contributed by atoms with Gasteiger partial charge in [0.1, 0.15) is 0 Å². The first-order chi connectivity index (χ1) is 8.74. The fraction of sp³-hybridized carbons (Fsp3) is 0.714. The van der Waals surface area contributed by atoms with Crippen molar-refractivity contribution in [2.45, 2.75) is 58.3 Å². The van der Waals surface area contributed by atoms with E-state index in [0.717, 1.165) is 6.42 Å². The highest BCUT2D eigenvalue weighted by atomic mass is 16.6. The summed E-state index contributed by atoms with van der Waals surface area (Å²) in [5.74, 6) is 0. The van der Waals surface area contributed by atoms with Crippen LogP contribution in [0.3, 0.4) is 0 Å². The van der Waals surface area contributed by atoms with Crippen molar-refractivity contribution in [2.75, 3.05) is 6.54 Å². The highest BCUT2D eigenvalue weighted by molar-refractivity contribution is 5.72. The van der Waals surface area contributed by atoms with E-state index in [2.05, 4.69) is 0 Å². The summed E-state index contributed by atoms with van der Waals surface area (Å²) in [5.41, 5.74) is -1.16. The number of ether oxygens (including phenoxy) is 1. The van der Waals surface area contributed by atoms with Gasteiger partial charge in [0.25, 0.3) is 0 Å². The van der Waals surface area contributed by atoms with Crippen LogP contribution >= 0.6 is 0 Å². The number of rotatable bonds is 5. The maximum Gasteiger partial charge on any atom is 0.412 e. The summed E-state index contributed by atoms with van der Waals surface area (Å²) in [5, 5.41) is 19.2. The molecule has 0 saturated carbocycles. The Hall–Kier alpha value is -1.54. The number of hydrogen-bond acceptors (Lipinski definition) is 4. The van der Waals surface area contributed by atoms with Gasteiger partial charge in [-0.3, -0.25) is 4.90 Å². The highest BCUT2D eigenvalue weighted by Crippen LogP contribution is 2.40. The monoisotopic (exact) mass is 266 g/mol. The summed E-state index contributed by atoms with van der Waals surface area (Å²) in [6.07, 6.45) is 2.94. The van der Waals surface area contributed by atoms with Crippen molar-refractivity contribution in [1.29, 1.82) is 5.26 Å². The van der Waals surface area contributed by atoms with Gasteiger partial charge in [0.15, 0.2) is 11.3 Å². The molecule has 0 aliphatic carbocycles. The van der Waals surface area contributed by atoms with E-state index in [9.17, 15) is 9.90 Å². The molecule has 0 aromatic heterocycles. The zero-order chi connectivity index (χ0) is 14.7. The molecule has 1 fully saturated rings. The van der Waals surface area contributed by atoms with Crippen LogP contribution in [0.2, 0.25) is 0 Å². The number of aliphatic hydroxyl groups is 1. The lowest BCUT2D eigenvalue weighted by Gasteiger charge is -2.37. The predicted molar refractivity (Wildman–Crippen MR) is 71.1 cm³/mol. The van der Waals surface area contributed by atoms with E-state index in [1.807, 2.05) is 26.0 Å².